The third-order valence-electron chi connectivity index (χ3n) is 4.52. The van der Waals surface area contributed by atoms with Crippen LogP contribution in [0.1, 0.15) is 41.0 Å². The molecule has 14 nitrogen and oxygen atoms in total. The topological polar surface area (TPSA) is 190 Å². The van der Waals surface area contributed by atoms with E-state index in [1.807, 2.05) is 0 Å². The van der Waals surface area contributed by atoms with Gasteiger partial charge in [0.2, 0.25) is 5.91 Å². The highest BCUT2D eigenvalue weighted by Gasteiger charge is 2.57. The first-order chi connectivity index (χ1) is 15.7. The van der Waals surface area contributed by atoms with Crippen LogP contribution in [0.3, 0.4) is 0 Å². The molecule has 0 saturated carbocycles. The molecule has 34 heavy (non-hydrogen) atoms. The summed E-state index contributed by atoms with van der Waals surface area (Å²) in [4.78, 5) is 70.9. The molecule has 6 atom stereocenters. The van der Waals surface area contributed by atoms with Crippen molar-refractivity contribution in [2.75, 3.05) is 13.7 Å². The van der Waals surface area contributed by atoms with Gasteiger partial charge in [0.05, 0.1) is 19.6 Å². The van der Waals surface area contributed by atoms with E-state index in [1.165, 1.54) is 0 Å². The van der Waals surface area contributed by atoms with E-state index in [9.17, 15) is 33.9 Å². The van der Waals surface area contributed by atoms with E-state index in [1.54, 1.807) is 0 Å². The third-order valence-corrected chi connectivity index (χ3v) is 4.52. The highest BCUT2D eigenvalue weighted by molar-refractivity contribution is 5.78. The summed E-state index contributed by atoms with van der Waals surface area (Å²) < 4.78 is 30.6. The molecule has 1 rings (SSSR count). The van der Waals surface area contributed by atoms with Crippen LogP contribution in [0.4, 0.5) is 0 Å². The molecule has 0 spiro atoms. The van der Waals surface area contributed by atoms with Gasteiger partial charge in [-0.3, -0.25) is 24.0 Å². The zero-order valence-electron chi connectivity index (χ0n) is 19.6. The van der Waals surface area contributed by atoms with Crippen molar-refractivity contribution in [3.63, 3.8) is 0 Å². The Morgan fingerprint density at radius 2 is 1.56 bits per heavy atom. The summed E-state index contributed by atoms with van der Waals surface area (Å²) in [5, 5.41) is 13.3. The second-order valence-electron chi connectivity index (χ2n) is 7.46. The minimum absolute atomic E-state index is 0.617. The number of amides is 1. The van der Waals surface area contributed by atoms with Crippen LogP contribution >= 0.6 is 0 Å². The maximum atomic E-state index is 12.3. The number of rotatable bonds is 9. The normalized spacial score (nSPS) is 25.7. The van der Waals surface area contributed by atoms with Crippen molar-refractivity contribution < 1.29 is 62.3 Å². The van der Waals surface area contributed by atoms with Gasteiger partial charge in [-0.25, -0.2) is 4.79 Å². The van der Waals surface area contributed by atoms with Crippen molar-refractivity contribution in [1.82, 2.24) is 5.32 Å². The minimum atomic E-state index is -2.71. The molecule has 1 unspecified atom stereocenters. The van der Waals surface area contributed by atoms with Gasteiger partial charge in [-0.05, 0) is 0 Å². The Morgan fingerprint density at radius 1 is 0.971 bits per heavy atom. The van der Waals surface area contributed by atoms with E-state index >= 15 is 0 Å². The summed E-state index contributed by atoms with van der Waals surface area (Å²) in [5.74, 6) is -7.98. The molecule has 192 valence electrons. The standard InChI is InChI=1S/C20H29NO13/c1-9(22)21-16-14(31-11(3)24)7-20(28,19(27)29-6)34-18(16)17(33-13(5)26)15(32-12(4)25)8-30-10(2)23/h14-18,28H,7-8H2,1-6H3,(H,21,22)/t14-,15-,16-,17-,18?,20+/m1/s1. The number of hydrogen-bond acceptors (Lipinski definition) is 13. The predicted octanol–water partition coefficient (Wildman–Crippen LogP) is -1.50. The number of hydrogen-bond donors (Lipinski definition) is 2. The van der Waals surface area contributed by atoms with Gasteiger partial charge in [0.1, 0.15) is 18.8 Å². The molecule has 0 aromatic carbocycles. The molecule has 1 fully saturated rings. The lowest BCUT2D eigenvalue weighted by atomic mass is 9.88. The van der Waals surface area contributed by atoms with Crippen molar-refractivity contribution in [2.24, 2.45) is 0 Å². The SMILES string of the molecule is COC(=O)[C@]1(O)C[C@@H](OC(C)=O)[C@@H](NC(C)=O)C([C@H](OC(C)=O)[C@@H](COC(C)=O)OC(C)=O)O1. The molecule has 0 aromatic heterocycles. The Kier molecular flexibility index (Phi) is 10.4. The van der Waals surface area contributed by atoms with E-state index in [0.29, 0.717) is 0 Å². The summed E-state index contributed by atoms with van der Waals surface area (Å²) >= 11 is 0. The maximum absolute atomic E-state index is 12.3. The van der Waals surface area contributed by atoms with Gasteiger partial charge in [0.15, 0.2) is 12.2 Å². The molecule has 1 aliphatic heterocycles. The Labute approximate surface area is 195 Å². The fourth-order valence-electron chi connectivity index (χ4n) is 3.41. The predicted molar refractivity (Wildman–Crippen MR) is 107 cm³/mol. The quantitative estimate of drug-likeness (QED) is 0.280. The number of aliphatic hydroxyl groups is 1. The average Bonchev–Trinajstić information content (AvgIpc) is 2.69. The Hall–Kier alpha value is -3.26. The van der Waals surface area contributed by atoms with E-state index < -0.39 is 85.0 Å². The van der Waals surface area contributed by atoms with E-state index in [0.717, 1.165) is 41.7 Å². The van der Waals surface area contributed by atoms with Gasteiger partial charge >= 0.3 is 29.8 Å². The van der Waals surface area contributed by atoms with Crippen molar-refractivity contribution in [3.8, 4) is 0 Å². The first-order valence-electron chi connectivity index (χ1n) is 10.1. The van der Waals surface area contributed by atoms with Crippen LogP contribution < -0.4 is 5.32 Å². The number of esters is 5. The molecular weight excluding hydrogens is 462 g/mol. The van der Waals surface area contributed by atoms with Gasteiger partial charge in [0.25, 0.3) is 5.79 Å². The van der Waals surface area contributed by atoms with Crippen LogP contribution in [0.15, 0.2) is 0 Å². The van der Waals surface area contributed by atoms with Crippen molar-refractivity contribution in [2.45, 2.75) is 77.3 Å². The molecule has 0 aliphatic carbocycles. The lowest BCUT2D eigenvalue weighted by Crippen LogP contribution is -2.68. The molecule has 0 bridgehead atoms. The number of carbonyl (C=O) groups is 6. The molecular formula is C20H29NO13. The minimum Gasteiger partial charge on any atom is -0.465 e. The molecule has 2 N–H and O–H groups in total. The van der Waals surface area contributed by atoms with Crippen LogP contribution in [0, 0.1) is 0 Å². The summed E-state index contributed by atoms with van der Waals surface area (Å²) in [6, 6.07) is -1.31. The lowest BCUT2D eigenvalue weighted by molar-refractivity contribution is -0.299. The zero-order chi connectivity index (χ0) is 26.2. The summed E-state index contributed by atoms with van der Waals surface area (Å²) in [6.07, 6.45) is -6.86. The smallest absolute Gasteiger partial charge is 0.366 e. The van der Waals surface area contributed by atoms with Crippen LogP contribution in [0.5, 0.6) is 0 Å². The van der Waals surface area contributed by atoms with Crippen LogP contribution in [-0.2, 0) is 57.2 Å². The monoisotopic (exact) mass is 491 g/mol. The van der Waals surface area contributed by atoms with Gasteiger partial charge in [-0.1, -0.05) is 0 Å². The highest BCUT2D eigenvalue weighted by atomic mass is 16.7. The van der Waals surface area contributed by atoms with Gasteiger partial charge in [-0.2, -0.15) is 0 Å². The fourth-order valence-corrected chi connectivity index (χ4v) is 3.41. The second kappa shape index (κ2) is 12.3. The van der Waals surface area contributed by atoms with Crippen LogP contribution in [0.25, 0.3) is 0 Å². The molecule has 1 heterocycles. The number of methoxy groups -OCH3 is 1. The number of nitrogens with one attached hydrogen (secondary N) is 1. The zero-order valence-corrected chi connectivity index (χ0v) is 19.6. The fraction of sp³-hybridized carbons (Fsp3) is 0.700. The first kappa shape index (κ1) is 28.8. The summed E-state index contributed by atoms with van der Waals surface area (Å²) in [5.41, 5.74) is 0. The van der Waals surface area contributed by atoms with Crippen molar-refractivity contribution >= 4 is 35.8 Å². The van der Waals surface area contributed by atoms with Crippen molar-refractivity contribution in [1.29, 1.82) is 0 Å². The van der Waals surface area contributed by atoms with E-state index in [-0.39, 0.29) is 0 Å². The number of carbonyl (C=O) groups excluding carboxylic acids is 6. The van der Waals surface area contributed by atoms with Crippen molar-refractivity contribution in [3.05, 3.63) is 0 Å². The molecule has 14 heteroatoms. The van der Waals surface area contributed by atoms with Crippen LogP contribution in [0.2, 0.25) is 0 Å². The maximum Gasteiger partial charge on any atom is 0.366 e. The van der Waals surface area contributed by atoms with Gasteiger partial charge < -0.3 is 38.8 Å². The highest BCUT2D eigenvalue weighted by Crippen LogP contribution is 2.34. The summed E-state index contributed by atoms with van der Waals surface area (Å²) in [7, 11) is 0.964. The molecule has 1 aliphatic rings. The Morgan fingerprint density at radius 3 is 2.00 bits per heavy atom. The van der Waals surface area contributed by atoms with Gasteiger partial charge in [0, 0.05) is 34.6 Å². The van der Waals surface area contributed by atoms with Crippen LogP contribution in [-0.4, -0.2) is 90.8 Å². The van der Waals surface area contributed by atoms with E-state index in [2.05, 4.69) is 10.1 Å². The third kappa shape index (κ3) is 8.26. The Balaban J connectivity index is 3.64. The largest absolute Gasteiger partial charge is 0.465 e. The molecule has 1 amide bonds. The first-order valence-corrected chi connectivity index (χ1v) is 10.1. The van der Waals surface area contributed by atoms with Gasteiger partial charge in [-0.15, -0.1) is 0 Å². The molecule has 0 aromatic rings. The second-order valence-corrected chi connectivity index (χ2v) is 7.46. The molecule has 0 radical (unpaired) electrons. The molecule has 1 saturated heterocycles. The average molecular weight is 491 g/mol. The lowest BCUT2D eigenvalue weighted by Gasteiger charge is -2.46. The Bertz CT molecular complexity index is 812. The van der Waals surface area contributed by atoms with E-state index in [4.69, 9.17) is 23.7 Å². The number of ether oxygens (including phenoxy) is 6. The summed E-state index contributed by atoms with van der Waals surface area (Å²) in [6.45, 7) is 4.69.